The van der Waals surface area contributed by atoms with Crippen LogP contribution >= 0.6 is 0 Å². The van der Waals surface area contributed by atoms with E-state index in [0.717, 1.165) is 12.8 Å². The molecule has 0 bridgehead atoms. The molecule has 11 nitrogen and oxygen atoms in total. The molecule has 1 aromatic carbocycles. The molecule has 3 rings (SSSR count). The van der Waals surface area contributed by atoms with Crippen LogP contribution in [-0.4, -0.2) is 79.2 Å². The van der Waals surface area contributed by atoms with Crippen LogP contribution in [0, 0.1) is 5.82 Å². The summed E-state index contributed by atoms with van der Waals surface area (Å²) in [6, 6.07) is 8.49. The third-order valence-corrected chi connectivity index (χ3v) is 6.18. The van der Waals surface area contributed by atoms with Gasteiger partial charge >= 0.3 is 18.0 Å². The molecule has 1 aromatic heterocycles. The second kappa shape index (κ2) is 15.5. The Morgan fingerprint density at radius 3 is 2.52 bits per heavy atom. The highest BCUT2D eigenvalue weighted by molar-refractivity contribution is 5.98. The van der Waals surface area contributed by atoms with Gasteiger partial charge in [-0.1, -0.05) is 43.7 Å². The lowest BCUT2D eigenvalue weighted by Gasteiger charge is -2.26. The molecule has 1 aliphatic rings. The normalized spacial score (nSPS) is 13.7. The van der Waals surface area contributed by atoms with E-state index >= 15 is 4.39 Å². The number of rotatable bonds is 12. The molecule has 1 saturated heterocycles. The standard InChI is InChI=1S/C28H36FN5O6/c1-3-5-13-31-21-18-22(32-25(24(21)29)19-9-7-6-8-10-19)26(36)33-20(11-12-23(35)39-4-2)27(37)40-28(38)34-16-14-30-15-17-34/h6-10,18,20,30H,3-5,11-17H2,1-2H3,(H,31,32)(H,33,36). The number of nitrogens with zero attached hydrogens (tertiary/aromatic N) is 2. The number of hydrogen-bond acceptors (Lipinski definition) is 9. The highest BCUT2D eigenvalue weighted by atomic mass is 19.1. The van der Waals surface area contributed by atoms with Gasteiger partial charge in [0.2, 0.25) is 0 Å². The van der Waals surface area contributed by atoms with Crippen LogP contribution in [0.5, 0.6) is 0 Å². The third-order valence-electron chi connectivity index (χ3n) is 6.18. The van der Waals surface area contributed by atoms with Crippen molar-refractivity contribution in [3.8, 4) is 11.3 Å². The third kappa shape index (κ3) is 8.73. The number of aromatic nitrogens is 1. The van der Waals surface area contributed by atoms with E-state index in [4.69, 9.17) is 9.47 Å². The minimum Gasteiger partial charge on any atom is -0.466 e. The van der Waals surface area contributed by atoms with Crippen LogP contribution in [0.4, 0.5) is 14.9 Å². The zero-order valence-electron chi connectivity index (χ0n) is 22.8. The van der Waals surface area contributed by atoms with Crippen LogP contribution in [0.25, 0.3) is 11.3 Å². The molecule has 1 aliphatic heterocycles. The second-order valence-electron chi connectivity index (χ2n) is 9.16. The Morgan fingerprint density at radius 2 is 1.85 bits per heavy atom. The summed E-state index contributed by atoms with van der Waals surface area (Å²) in [6.07, 6.45) is 0.455. The topological polar surface area (TPSA) is 139 Å². The molecule has 2 heterocycles. The van der Waals surface area contributed by atoms with Crippen LogP contribution in [-0.2, 0) is 19.1 Å². The fraction of sp³-hybridized carbons (Fsp3) is 0.464. The van der Waals surface area contributed by atoms with Gasteiger partial charge in [0.1, 0.15) is 17.4 Å². The highest BCUT2D eigenvalue weighted by Crippen LogP contribution is 2.27. The number of esters is 2. The average Bonchev–Trinajstić information content (AvgIpc) is 2.97. The number of benzene rings is 1. The monoisotopic (exact) mass is 557 g/mol. The molecule has 2 aromatic rings. The van der Waals surface area contributed by atoms with E-state index in [-0.39, 0.29) is 36.5 Å². The maximum Gasteiger partial charge on any atom is 0.417 e. The molecule has 216 valence electrons. The van der Waals surface area contributed by atoms with Crippen molar-refractivity contribution in [3.63, 3.8) is 0 Å². The van der Waals surface area contributed by atoms with E-state index in [0.29, 0.717) is 38.3 Å². The lowest BCUT2D eigenvalue weighted by atomic mass is 10.1. The van der Waals surface area contributed by atoms with E-state index in [2.05, 4.69) is 20.9 Å². The summed E-state index contributed by atoms with van der Waals surface area (Å²) >= 11 is 0. The number of pyridine rings is 1. The zero-order valence-corrected chi connectivity index (χ0v) is 22.8. The van der Waals surface area contributed by atoms with Crippen LogP contribution in [0.1, 0.15) is 50.0 Å². The molecule has 0 aliphatic carbocycles. The van der Waals surface area contributed by atoms with Crippen molar-refractivity contribution in [2.24, 2.45) is 0 Å². The quantitative estimate of drug-likeness (QED) is 0.204. The molecular formula is C28H36FN5O6. The van der Waals surface area contributed by atoms with Gasteiger partial charge in [-0.05, 0) is 25.8 Å². The number of carbonyl (C=O) groups excluding carboxylic acids is 4. The Morgan fingerprint density at radius 1 is 1.12 bits per heavy atom. The average molecular weight is 558 g/mol. The van der Waals surface area contributed by atoms with Gasteiger partial charge in [-0.15, -0.1) is 0 Å². The lowest BCUT2D eigenvalue weighted by Crippen LogP contribution is -2.49. The first-order chi connectivity index (χ1) is 19.3. The Bertz CT molecular complexity index is 1170. The first kappa shape index (κ1) is 30.5. The van der Waals surface area contributed by atoms with Crippen molar-refractivity contribution in [2.75, 3.05) is 44.6 Å². The summed E-state index contributed by atoms with van der Waals surface area (Å²) in [5.74, 6) is -3.00. The second-order valence-corrected chi connectivity index (χ2v) is 9.16. The smallest absolute Gasteiger partial charge is 0.417 e. The summed E-state index contributed by atoms with van der Waals surface area (Å²) in [5.41, 5.74) is 0.369. The number of carbonyl (C=O) groups is 4. The van der Waals surface area contributed by atoms with E-state index < -0.39 is 35.8 Å². The summed E-state index contributed by atoms with van der Waals surface area (Å²) in [4.78, 5) is 56.4. The van der Waals surface area contributed by atoms with Crippen molar-refractivity contribution in [3.05, 3.63) is 47.9 Å². The molecule has 12 heteroatoms. The number of amides is 2. The predicted molar refractivity (Wildman–Crippen MR) is 146 cm³/mol. The van der Waals surface area contributed by atoms with Gasteiger partial charge in [0, 0.05) is 44.7 Å². The number of unbranched alkanes of at least 4 members (excludes halogenated alkanes) is 1. The number of ether oxygens (including phenoxy) is 2. The molecule has 0 spiro atoms. The number of hydrogen-bond donors (Lipinski definition) is 3. The summed E-state index contributed by atoms with van der Waals surface area (Å²) in [7, 11) is 0. The predicted octanol–water partition coefficient (Wildman–Crippen LogP) is 3.11. The Balaban J connectivity index is 1.85. The molecular weight excluding hydrogens is 521 g/mol. The van der Waals surface area contributed by atoms with Crippen molar-refractivity contribution >= 4 is 29.6 Å². The fourth-order valence-corrected chi connectivity index (χ4v) is 4.01. The van der Waals surface area contributed by atoms with E-state index in [9.17, 15) is 19.2 Å². The number of nitrogens with one attached hydrogen (secondary N) is 3. The number of halogens is 1. The minimum atomic E-state index is -1.35. The van der Waals surface area contributed by atoms with Gasteiger partial charge in [-0.2, -0.15) is 0 Å². The first-order valence-electron chi connectivity index (χ1n) is 13.5. The summed E-state index contributed by atoms with van der Waals surface area (Å²) in [6.45, 7) is 6.12. The van der Waals surface area contributed by atoms with Crippen LogP contribution in [0.15, 0.2) is 36.4 Å². The molecule has 0 radical (unpaired) electrons. The van der Waals surface area contributed by atoms with Crippen LogP contribution in [0.2, 0.25) is 0 Å². The number of anilines is 1. The maximum atomic E-state index is 15.4. The fourth-order valence-electron chi connectivity index (χ4n) is 4.01. The van der Waals surface area contributed by atoms with Gasteiger partial charge in [-0.3, -0.25) is 9.59 Å². The zero-order chi connectivity index (χ0) is 28.9. The van der Waals surface area contributed by atoms with E-state index in [1.165, 1.54) is 11.0 Å². The highest BCUT2D eigenvalue weighted by Gasteiger charge is 2.29. The molecule has 0 saturated carbocycles. The van der Waals surface area contributed by atoms with Gasteiger partial charge < -0.3 is 30.3 Å². The molecule has 1 fully saturated rings. The maximum absolute atomic E-state index is 15.4. The summed E-state index contributed by atoms with van der Waals surface area (Å²) in [5, 5.41) is 8.62. The molecule has 2 amide bonds. The van der Waals surface area contributed by atoms with Crippen molar-refractivity contribution in [2.45, 2.75) is 45.6 Å². The largest absolute Gasteiger partial charge is 0.466 e. The number of piperazine rings is 1. The Labute approximate surface area is 232 Å². The SMILES string of the molecule is CCCCNc1cc(C(=O)NC(CCC(=O)OCC)C(=O)OC(=O)N2CCNCC2)nc(-c2ccccc2)c1F. The van der Waals surface area contributed by atoms with E-state index in [1.807, 2.05) is 6.92 Å². The Hall–Kier alpha value is -4.06. The van der Waals surface area contributed by atoms with Crippen molar-refractivity contribution in [1.82, 2.24) is 20.5 Å². The van der Waals surface area contributed by atoms with Gasteiger partial charge in [0.15, 0.2) is 5.82 Å². The first-order valence-corrected chi connectivity index (χ1v) is 13.5. The van der Waals surface area contributed by atoms with E-state index in [1.54, 1.807) is 37.3 Å². The van der Waals surface area contributed by atoms with Gasteiger partial charge in [0.25, 0.3) is 5.91 Å². The minimum absolute atomic E-state index is 0.0354. The summed E-state index contributed by atoms with van der Waals surface area (Å²) < 4.78 is 25.4. The van der Waals surface area contributed by atoms with Gasteiger partial charge in [0.05, 0.1) is 12.3 Å². The molecule has 40 heavy (non-hydrogen) atoms. The molecule has 3 N–H and O–H groups in total. The Kier molecular flexibility index (Phi) is 11.8. The molecule has 1 unspecified atom stereocenters. The van der Waals surface area contributed by atoms with Crippen molar-refractivity contribution in [1.29, 1.82) is 0 Å². The van der Waals surface area contributed by atoms with Crippen LogP contribution in [0.3, 0.4) is 0 Å². The van der Waals surface area contributed by atoms with Crippen LogP contribution < -0.4 is 16.0 Å². The molecule has 1 atom stereocenters. The van der Waals surface area contributed by atoms with Gasteiger partial charge in [-0.25, -0.2) is 19.0 Å². The lowest BCUT2D eigenvalue weighted by molar-refractivity contribution is -0.144. The van der Waals surface area contributed by atoms with Crippen molar-refractivity contribution < 1.29 is 33.0 Å².